The van der Waals surface area contributed by atoms with Crippen molar-refractivity contribution in [2.45, 2.75) is 37.2 Å². The van der Waals surface area contributed by atoms with Crippen molar-refractivity contribution in [3.05, 3.63) is 77.1 Å². The molecule has 0 atom stereocenters. The predicted octanol–water partition coefficient (Wildman–Crippen LogP) is 3.67. The monoisotopic (exact) mass is 366 g/mol. The molecule has 0 radical (unpaired) electrons. The lowest BCUT2D eigenvalue weighted by atomic mass is 10.1. The summed E-state index contributed by atoms with van der Waals surface area (Å²) in [6, 6.07) is 17.7. The van der Waals surface area contributed by atoms with Crippen LogP contribution in [-0.4, -0.2) is 20.7 Å². The van der Waals surface area contributed by atoms with Crippen LogP contribution in [0.2, 0.25) is 0 Å². The average Bonchev–Trinajstić information content (AvgIpc) is 3.03. The number of nitrogens with zero attached hydrogens (tertiary/aromatic N) is 3. The van der Waals surface area contributed by atoms with Gasteiger partial charge in [-0.1, -0.05) is 61.2 Å². The molecule has 0 unspecified atom stereocenters. The zero-order chi connectivity index (χ0) is 18.4. The molecular formula is C20H22N4OS. The SMILES string of the molecule is CCCc1nnc(SCc2ccccc2)n1Cc1ccc(C(N)=O)cc1. The fraction of sp³-hybridized carbons (Fsp3) is 0.250. The zero-order valence-corrected chi connectivity index (χ0v) is 15.6. The van der Waals surface area contributed by atoms with Gasteiger partial charge in [0.2, 0.25) is 5.91 Å². The van der Waals surface area contributed by atoms with Gasteiger partial charge in [-0.3, -0.25) is 4.79 Å². The molecule has 1 heterocycles. The smallest absolute Gasteiger partial charge is 0.248 e. The Labute approximate surface area is 157 Å². The Morgan fingerprint density at radius 3 is 2.42 bits per heavy atom. The van der Waals surface area contributed by atoms with Crippen LogP contribution in [0.1, 0.15) is 40.7 Å². The van der Waals surface area contributed by atoms with Crippen molar-refractivity contribution in [1.82, 2.24) is 14.8 Å². The first-order chi connectivity index (χ1) is 12.7. The first kappa shape index (κ1) is 18.2. The van der Waals surface area contributed by atoms with Gasteiger partial charge in [-0.25, -0.2) is 0 Å². The van der Waals surface area contributed by atoms with Crippen molar-refractivity contribution in [3.8, 4) is 0 Å². The fourth-order valence-electron chi connectivity index (χ4n) is 2.67. The number of nitrogens with two attached hydrogens (primary N) is 1. The number of amides is 1. The first-order valence-corrected chi connectivity index (χ1v) is 9.63. The van der Waals surface area contributed by atoms with Gasteiger partial charge in [-0.2, -0.15) is 0 Å². The Bertz CT molecular complexity index is 859. The highest BCUT2D eigenvalue weighted by Gasteiger charge is 2.13. The summed E-state index contributed by atoms with van der Waals surface area (Å²) in [5.41, 5.74) is 8.18. The standard InChI is InChI=1S/C20H22N4OS/c1-2-6-18-22-23-20(26-14-16-7-4-3-5-8-16)24(18)13-15-9-11-17(12-10-15)19(21)25/h3-5,7-12H,2,6,13-14H2,1H3,(H2,21,25). The minimum atomic E-state index is -0.411. The molecule has 1 aromatic heterocycles. The molecule has 134 valence electrons. The molecule has 0 bridgehead atoms. The summed E-state index contributed by atoms with van der Waals surface area (Å²) < 4.78 is 2.16. The number of carbonyl (C=O) groups excluding carboxylic acids is 1. The van der Waals surface area contributed by atoms with Crippen molar-refractivity contribution in [2.24, 2.45) is 5.73 Å². The molecule has 26 heavy (non-hydrogen) atoms. The maximum Gasteiger partial charge on any atom is 0.248 e. The van der Waals surface area contributed by atoms with Gasteiger partial charge < -0.3 is 10.3 Å². The lowest BCUT2D eigenvalue weighted by molar-refractivity contribution is 0.100. The van der Waals surface area contributed by atoms with E-state index < -0.39 is 5.91 Å². The van der Waals surface area contributed by atoms with Crippen molar-refractivity contribution in [3.63, 3.8) is 0 Å². The first-order valence-electron chi connectivity index (χ1n) is 8.65. The lowest BCUT2D eigenvalue weighted by Crippen LogP contribution is -2.11. The molecule has 5 nitrogen and oxygen atoms in total. The third kappa shape index (κ3) is 4.52. The second-order valence-electron chi connectivity index (χ2n) is 6.07. The van der Waals surface area contributed by atoms with Crippen LogP contribution in [0.4, 0.5) is 0 Å². The number of aromatic nitrogens is 3. The number of benzene rings is 2. The zero-order valence-electron chi connectivity index (χ0n) is 14.8. The summed E-state index contributed by atoms with van der Waals surface area (Å²) in [5.74, 6) is 1.43. The number of thioether (sulfide) groups is 1. The second-order valence-corrected chi connectivity index (χ2v) is 7.01. The van der Waals surface area contributed by atoms with Crippen LogP contribution in [0.5, 0.6) is 0 Å². The molecular weight excluding hydrogens is 344 g/mol. The molecule has 1 amide bonds. The van der Waals surface area contributed by atoms with Crippen LogP contribution in [0, 0.1) is 0 Å². The number of hydrogen-bond donors (Lipinski definition) is 1. The molecule has 2 aromatic carbocycles. The molecule has 3 aromatic rings. The minimum Gasteiger partial charge on any atom is -0.366 e. The Morgan fingerprint density at radius 1 is 1.04 bits per heavy atom. The topological polar surface area (TPSA) is 73.8 Å². The molecule has 0 saturated carbocycles. The Balaban J connectivity index is 1.79. The van der Waals surface area contributed by atoms with E-state index in [0.29, 0.717) is 12.1 Å². The van der Waals surface area contributed by atoms with Gasteiger partial charge in [0.15, 0.2) is 5.16 Å². The Morgan fingerprint density at radius 2 is 1.77 bits per heavy atom. The van der Waals surface area contributed by atoms with E-state index in [1.165, 1.54) is 5.56 Å². The van der Waals surface area contributed by atoms with Gasteiger partial charge in [-0.15, -0.1) is 10.2 Å². The number of aryl methyl sites for hydroxylation is 1. The third-order valence-corrected chi connectivity index (χ3v) is 5.09. The van der Waals surface area contributed by atoms with Gasteiger partial charge in [0.05, 0.1) is 6.54 Å². The molecule has 0 spiro atoms. The Kier molecular flexibility index (Phi) is 6.07. The van der Waals surface area contributed by atoms with Crippen molar-refractivity contribution in [2.75, 3.05) is 0 Å². The van der Waals surface area contributed by atoms with E-state index in [4.69, 9.17) is 5.73 Å². The van der Waals surface area contributed by atoms with E-state index in [1.54, 1.807) is 23.9 Å². The van der Waals surface area contributed by atoms with Crippen molar-refractivity contribution >= 4 is 17.7 Å². The van der Waals surface area contributed by atoms with E-state index in [-0.39, 0.29) is 0 Å². The molecule has 6 heteroatoms. The molecule has 0 fully saturated rings. The van der Waals surface area contributed by atoms with E-state index in [9.17, 15) is 4.79 Å². The summed E-state index contributed by atoms with van der Waals surface area (Å²) >= 11 is 1.69. The van der Waals surface area contributed by atoms with Gasteiger partial charge in [0, 0.05) is 17.7 Å². The highest BCUT2D eigenvalue weighted by molar-refractivity contribution is 7.98. The van der Waals surface area contributed by atoms with Gasteiger partial charge >= 0.3 is 0 Å². The highest BCUT2D eigenvalue weighted by atomic mass is 32.2. The summed E-state index contributed by atoms with van der Waals surface area (Å²) in [5, 5.41) is 9.68. The van der Waals surface area contributed by atoms with Gasteiger partial charge in [0.1, 0.15) is 5.82 Å². The molecule has 2 N–H and O–H groups in total. The van der Waals surface area contributed by atoms with Gasteiger partial charge in [-0.05, 0) is 29.7 Å². The lowest BCUT2D eigenvalue weighted by Gasteiger charge is -2.10. The number of carbonyl (C=O) groups is 1. The van der Waals surface area contributed by atoms with E-state index in [2.05, 4.69) is 33.8 Å². The van der Waals surface area contributed by atoms with Crippen LogP contribution in [0.15, 0.2) is 59.8 Å². The molecule has 0 saturated heterocycles. The third-order valence-electron chi connectivity index (χ3n) is 4.06. The van der Waals surface area contributed by atoms with E-state index >= 15 is 0 Å². The Hall–Kier alpha value is -2.60. The normalized spacial score (nSPS) is 10.8. The van der Waals surface area contributed by atoms with Crippen LogP contribution in [0.3, 0.4) is 0 Å². The molecule has 0 aliphatic carbocycles. The second kappa shape index (κ2) is 8.67. The fourth-order valence-corrected chi connectivity index (χ4v) is 3.58. The predicted molar refractivity (Wildman–Crippen MR) is 104 cm³/mol. The quantitative estimate of drug-likeness (QED) is 0.617. The number of primary amides is 1. The maximum absolute atomic E-state index is 11.2. The van der Waals surface area contributed by atoms with E-state index in [0.717, 1.165) is 35.1 Å². The largest absolute Gasteiger partial charge is 0.366 e. The molecule has 0 aliphatic rings. The average molecular weight is 366 g/mol. The summed E-state index contributed by atoms with van der Waals surface area (Å²) in [6.07, 6.45) is 1.90. The van der Waals surface area contributed by atoms with Crippen LogP contribution in [-0.2, 0) is 18.7 Å². The van der Waals surface area contributed by atoms with Crippen LogP contribution >= 0.6 is 11.8 Å². The van der Waals surface area contributed by atoms with Crippen molar-refractivity contribution in [1.29, 1.82) is 0 Å². The van der Waals surface area contributed by atoms with E-state index in [1.807, 2.05) is 30.3 Å². The van der Waals surface area contributed by atoms with Crippen molar-refractivity contribution < 1.29 is 4.79 Å². The number of rotatable bonds is 8. The maximum atomic E-state index is 11.2. The summed E-state index contributed by atoms with van der Waals surface area (Å²) in [4.78, 5) is 11.2. The minimum absolute atomic E-state index is 0.411. The summed E-state index contributed by atoms with van der Waals surface area (Å²) in [6.45, 7) is 2.82. The number of hydrogen-bond acceptors (Lipinski definition) is 4. The summed E-state index contributed by atoms with van der Waals surface area (Å²) in [7, 11) is 0. The van der Waals surface area contributed by atoms with Gasteiger partial charge in [0.25, 0.3) is 0 Å². The van der Waals surface area contributed by atoms with Crippen LogP contribution < -0.4 is 5.73 Å². The highest BCUT2D eigenvalue weighted by Crippen LogP contribution is 2.23. The van der Waals surface area contributed by atoms with Crippen LogP contribution in [0.25, 0.3) is 0 Å². The molecule has 3 rings (SSSR count). The molecule has 0 aliphatic heterocycles.